The minimum Gasteiger partial charge on any atom is -0.374 e. The maximum atomic E-state index is 13.7. The summed E-state index contributed by atoms with van der Waals surface area (Å²) < 4.78 is 19.2. The second-order valence-corrected chi connectivity index (χ2v) is 7.25. The molecule has 0 amide bonds. The molecule has 0 saturated carbocycles. The zero-order valence-corrected chi connectivity index (χ0v) is 15.7. The average molecular weight is 378 g/mol. The normalized spacial score (nSPS) is 18.4. The van der Waals surface area contributed by atoms with Gasteiger partial charge in [0.25, 0.3) is 0 Å². The maximum absolute atomic E-state index is 13.7. The molecule has 1 saturated heterocycles. The number of rotatable bonds is 5. The molecule has 0 radical (unpaired) electrons. The summed E-state index contributed by atoms with van der Waals surface area (Å²) in [4.78, 5) is 1.26. The van der Waals surface area contributed by atoms with E-state index in [1.807, 2.05) is 48.5 Å². The second-order valence-electron chi connectivity index (χ2n) is 7.25. The number of morpholine rings is 1. The molecule has 0 unspecified atom stereocenters. The molecule has 1 aliphatic heterocycles. The van der Waals surface area contributed by atoms with Gasteiger partial charge < -0.3 is 14.7 Å². The molecule has 1 heterocycles. The molecular weight excluding hydrogens is 353 g/mol. The Hall–Kier alpha value is -2.53. The first-order valence-electron chi connectivity index (χ1n) is 9.71. The van der Waals surface area contributed by atoms with Gasteiger partial charge in [-0.25, -0.2) is 4.39 Å². The van der Waals surface area contributed by atoms with Gasteiger partial charge in [0.1, 0.15) is 18.9 Å². The van der Waals surface area contributed by atoms with Crippen molar-refractivity contribution >= 4 is 0 Å². The third-order valence-corrected chi connectivity index (χ3v) is 5.59. The predicted molar refractivity (Wildman–Crippen MR) is 107 cm³/mol. The Labute approximate surface area is 165 Å². The molecule has 3 aromatic carbocycles. The van der Waals surface area contributed by atoms with Crippen LogP contribution >= 0.6 is 0 Å². The van der Waals surface area contributed by atoms with E-state index in [1.54, 1.807) is 12.1 Å². The summed E-state index contributed by atoms with van der Waals surface area (Å²) in [5.41, 5.74) is 1.24. The fourth-order valence-electron chi connectivity index (χ4n) is 4.24. The Morgan fingerprint density at radius 1 is 0.786 bits per heavy atom. The summed E-state index contributed by atoms with van der Waals surface area (Å²) in [5.74, 6) is -0.311. The van der Waals surface area contributed by atoms with Crippen LogP contribution in [0.25, 0.3) is 0 Å². The van der Waals surface area contributed by atoms with E-state index in [1.165, 1.54) is 17.0 Å². The summed E-state index contributed by atoms with van der Waals surface area (Å²) in [7, 11) is 0. The van der Waals surface area contributed by atoms with Crippen molar-refractivity contribution in [1.82, 2.24) is 0 Å². The van der Waals surface area contributed by atoms with Crippen molar-refractivity contribution in [2.24, 2.45) is 0 Å². The van der Waals surface area contributed by atoms with Gasteiger partial charge in [-0.2, -0.15) is 0 Å². The van der Waals surface area contributed by atoms with Crippen molar-refractivity contribution in [3.8, 4) is 0 Å². The van der Waals surface area contributed by atoms with E-state index in [9.17, 15) is 9.50 Å². The van der Waals surface area contributed by atoms with Crippen LogP contribution in [0.2, 0.25) is 0 Å². The highest BCUT2D eigenvalue weighted by Crippen LogP contribution is 2.39. The van der Waals surface area contributed by atoms with Crippen LogP contribution in [0.15, 0.2) is 84.9 Å². The summed E-state index contributed by atoms with van der Waals surface area (Å²) in [6, 6.07) is 25.8. The van der Waals surface area contributed by atoms with Crippen LogP contribution in [0.4, 0.5) is 4.39 Å². The van der Waals surface area contributed by atoms with Crippen LogP contribution in [0.3, 0.4) is 0 Å². The largest absolute Gasteiger partial charge is 0.374 e. The standard InChI is InChI=1S/C24H24FNO2/c25-22-13-11-21(12-14-22)24(27,20-9-5-2-6-10-20)23(19-7-3-1-4-8-19)26-15-17-28-18-16-26/h1-14,23,27H,15-18H2/p+1/t23-,24-/m0/s1. The van der Waals surface area contributed by atoms with Crippen LogP contribution in [0, 0.1) is 5.82 Å². The molecule has 1 aliphatic rings. The Kier molecular flexibility index (Phi) is 5.53. The fourth-order valence-corrected chi connectivity index (χ4v) is 4.24. The Morgan fingerprint density at radius 2 is 1.32 bits per heavy atom. The number of aliphatic hydroxyl groups is 1. The van der Waals surface area contributed by atoms with Gasteiger partial charge in [0.2, 0.25) is 0 Å². The molecule has 0 aliphatic carbocycles. The van der Waals surface area contributed by atoms with Crippen molar-refractivity contribution in [2.75, 3.05) is 26.3 Å². The smallest absolute Gasteiger partial charge is 0.171 e. The number of benzene rings is 3. The number of nitrogens with one attached hydrogen (secondary N) is 1. The van der Waals surface area contributed by atoms with E-state index >= 15 is 0 Å². The molecule has 4 heteroatoms. The molecule has 0 bridgehead atoms. The molecular formula is C24H25FNO2+. The lowest BCUT2D eigenvalue weighted by Gasteiger charge is -2.42. The van der Waals surface area contributed by atoms with Crippen molar-refractivity contribution in [3.63, 3.8) is 0 Å². The molecule has 3 nitrogen and oxygen atoms in total. The third-order valence-electron chi connectivity index (χ3n) is 5.59. The van der Waals surface area contributed by atoms with Crippen molar-refractivity contribution < 1.29 is 19.1 Å². The molecule has 28 heavy (non-hydrogen) atoms. The van der Waals surface area contributed by atoms with Gasteiger partial charge >= 0.3 is 0 Å². The lowest BCUT2D eigenvalue weighted by Crippen LogP contribution is -3.15. The van der Waals surface area contributed by atoms with Crippen molar-refractivity contribution in [3.05, 3.63) is 107 Å². The van der Waals surface area contributed by atoms with E-state index in [0.717, 1.165) is 24.2 Å². The topological polar surface area (TPSA) is 33.9 Å². The summed E-state index contributed by atoms with van der Waals surface area (Å²) >= 11 is 0. The summed E-state index contributed by atoms with van der Waals surface area (Å²) in [6.07, 6.45) is 0. The lowest BCUT2D eigenvalue weighted by molar-refractivity contribution is -0.946. The van der Waals surface area contributed by atoms with E-state index in [-0.39, 0.29) is 11.9 Å². The van der Waals surface area contributed by atoms with E-state index in [2.05, 4.69) is 12.1 Å². The number of quaternary nitrogens is 1. The fraction of sp³-hybridized carbons (Fsp3) is 0.250. The van der Waals surface area contributed by atoms with E-state index in [0.29, 0.717) is 18.8 Å². The number of hydrogen-bond acceptors (Lipinski definition) is 2. The van der Waals surface area contributed by atoms with Crippen LogP contribution in [0.1, 0.15) is 22.7 Å². The molecule has 3 aromatic rings. The van der Waals surface area contributed by atoms with Crippen LogP contribution in [-0.4, -0.2) is 31.4 Å². The minimum absolute atomic E-state index is 0.245. The van der Waals surface area contributed by atoms with E-state index < -0.39 is 5.60 Å². The first-order valence-corrected chi connectivity index (χ1v) is 9.71. The number of hydrogen-bond donors (Lipinski definition) is 2. The third kappa shape index (κ3) is 3.59. The first kappa shape index (κ1) is 18.8. The highest BCUT2D eigenvalue weighted by Gasteiger charge is 2.47. The van der Waals surface area contributed by atoms with Crippen LogP contribution in [-0.2, 0) is 10.3 Å². The Bertz CT molecular complexity index is 879. The highest BCUT2D eigenvalue weighted by molar-refractivity contribution is 5.40. The molecule has 2 atom stereocenters. The summed E-state index contributed by atoms with van der Waals surface area (Å²) in [6.45, 7) is 2.92. The van der Waals surface area contributed by atoms with Gasteiger partial charge in [-0.1, -0.05) is 72.8 Å². The summed E-state index contributed by atoms with van der Waals surface area (Å²) in [5, 5.41) is 12.3. The highest BCUT2D eigenvalue weighted by atomic mass is 19.1. The average Bonchev–Trinajstić information content (AvgIpc) is 2.76. The molecule has 0 spiro atoms. The Balaban J connectivity index is 1.92. The maximum Gasteiger partial charge on any atom is 0.171 e. The number of ether oxygens (including phenoxy) is 1. The van der Waals surface area contributed by atoms with Gasteiger partial charge in [0.15, 0.2) is 11.6 Å². The predicted octanol–water partition coefficient (Wildman–Crippen LogP) is 2.72. The Morgan fingerprint density at radius 3 is 1.93 bits per heavy atom. The van der Waals surface area contributed by atoms with Crippen molar-refractivity contribution in [2.45, 2.75) is 11.6 Å². The molecule has 2 N–H and O–H groups in total. The van der Waals surface area contributed by atoms with Gasteiger partial charge in [-0.05, 0) is 23.3 Å². The van der Waals surface area contributed by atoms with E-state index in [4.69, 9.17) is 4.74 Å². The van der Waals surface area contributed by atoms with Gasteiger partial charge in [-0.15, -0.1) is 0 Å². The van der Waals surface area contributed by atoms with Crippen LogP contribution in [0.5, 0.6) is 0 Å². The zero-order valence-electron chi connectivity index (χ0n) is 15.7. The monoisotopic (exact) mass is 378 g/mol. The second kappa shape index (κ2) is 8.23. The first-order chi connectivity index (χ1) is 13.7. The van der Waals surface area contributed by atoms with Crippen molar-refractivity contribution in [1.29, 1.82) is 0 Å². The quantitative estimate of drug-likeness (QED) is 0.716. The molecule has 144 valence electrons. The zero-order chi connectivity index (χ0) is 19.4. The molecule has 1 fully saturated rings. The van der Waals surface area contributed by atoms with Gasteiger partial charge in [-0.3, -0.25) is 0 Å². The minimum atomic E-state index is -1.30. The lowest BCUT2D eigenvalue weighted by atomic mass is 9.76. The number of halogens is 1. The van der Waals surface area contributed by atoms with Gasteiger partial charge in [0.05, 0.1) is 13.2 Å². The molecule has 4 rings (SSSR count). The van der Waals surface area contributed by atoms with Gasteiger partial charge in [0, 0.05) is 5.56 Å². The SMILES string of the molecule is O[C@@](c1ccccc1)(c1ccc(F)cc1)[C@H](c1ccccc1)[NH+]1CCOCC1. The van der Waals surface area contributed by atoms with Crippen LogP contribution < -0.4 is 4.90 Å². The molecule has 0 aromatic heterocycles.